The monoisotopic (exact) mass is 351 g/mol. The fourth-order valence-electron chi connectivity index (χ4n) is 3.34. The highest BCUT2D eigenvalue weighted by molar-refractivity contribution is 5.95. The quantitative estimate of drug-likeness (QED) is 0.751. The van der Waals surface area contributed by atoms with Crippen molar-refractivity contribution >= 4 is 5.91 Å². The molecular weight excluding hydrogens is 330 g/mol. The Morgan fingerprint density at radius 3 is 2.85 bits per heavy atom. The Bertz CT molecular complexity index is 910. The summed E-state index contributed by atoms with van der Waals surface area (Å²) in [6.07, 6.45) is 7.10. The minimum Gasteiger partial charge on any atom is -0.349 e. The number of carbonyl (C=O) groups excluding carboxylic acids is 1. The lowest BCUT2D eigenvalue weighted by molar-refractivity contribution is 0.0906. The smallest absolute Gasteiger partial charge is 0.253 e. The lowest BCUT2D eigenvalue weighted by atomic mass is 9.79. The number of aromatic nitrogens is 6. The Morgan fingerprint density at radius 1 is 1.27 bits per heavy atom. The van der Waals surface area contributed by atoms with E-state index in [1.165, 1.54) is 0 Å². The molecule has 1 N–H and O–H groups in total. The maximum absolute atomic E-state index is 12.4. The van der Waals surface area contributed by atoms with Crippen LogP contribution in [0, 0.1) is 6.92 Å². The Morgan fingerprint density at radius 2 is 2.12 bits per heavy atom. The van der Waals surface area contributed by atoms with Gasteiger partial charge in [0, 0.05) is 43.3 Å². The maximum Gasteiger partial charge on any atom is 0.253 e. The lowest BCUT2D eigenvalue weighted by Crippen LogP contribution is -2.44. The molecule has 0 aromatic carbocycles. The largest absolute Gasteiger partial charge is 0.349 e. The van der Waals surface area contributed by atoms with Crippen molar-refractivity contribution < 1.29 is 4.79 Å². The number of hydrogen-bond donors (Lipinski definition) is 1. The first-order chi connectivity index (χ1) is 12.6. The normalized spacial score (nSPS) is 19.2. The van der Waals surface area contributed by atoms with E-state index in [-0.39, 0.29) is 11.9 Å². The van der Waals surface area contributed by atoms with E-state index in [0.717, 1.165) is 30.2 Å². The molecule has 134 valence electrons. The lowest BCUT2D eigenvalue weighted by Gasteiger charge is -2.35. The fourth-order valence-corrected chi connectivity index (χ4v) is 3.34. The van der Waals surface area contributed by atoms with E-state index in [4.69, 9.17) is 0 Å². The van der Waals surface area contributed by atoms with Gasteiger partial charge in [-0.15, -0.1) is 10.2 Å². The molecule has 1 aliphatic carbocycles. The summed E-state index contributed by atoms with van der Waals surface area (Å²) in [7, 11) is 1.99. The summed E-state index contributed by atoms with van der Waals surface area (Å²) in [4.78, 5) is 16.5. The van der Waals surface area contributed by atoms with Gasteiger partial charge in [-0.05, 0) is 38.0 Å². The molecule has 1 aliphatic rings. The molecule has 0 unspecified atom stereocenters. The molecule has 1 fully saturated rings. The molecule has 4 rings (SSSR count). The van der Waals surface area contributed by atoms with Gasteiger partial charge in [0.05, 0.1) is 5.56 Å². The van der Waals surface area contributed by atoms with Gasteiger partial charge < -0.3 is 9.88 Å². The van der Waals surface area contributed by atoms with Crippen molar-refractivity contribution in [1.29, 1.82) is 0 Å². The molecule has 0 saturated heterocycles. The summed E-state index contributed by atoms with van der Waals surface area (Å²) < 4.78 is 3.86. The highest BCUT2D eigenvalue weighted by Gasteiger charge is 2.35. The summed E-state index contributed by atoms with van der Waals surface area (Å²) >= 11 is 0. The first kappa shape index (κ1) is 16.4. The summed E-state index contributed by atoms with van der Waals surface area (Å²) in [6, 6.07) is 5.64. The van der Waals surface area contributed by atoms with Crippen molar-refractivity contribution in [3.63, 3.8) is 0 Å². The summed E-state index contributed by atoms with van der Waals surface area (Å²) in [5.41, 5.74) is 1.38. The number of nitrogens with one attached hydrogen (secondary N) is 1. The summed E-state index contributed by atoms with van der Waals surface area (Å²) in [6.45, 7) is 2.45. The van der Waals surface area contributed by atoms with Gasteiger partial charge in [-0.2, -0.15) is 5.10 Å². The molecule has 3 aromatic rings. The summed E-state index contributed by atoms with van der Waals surface area (Å²) in [5.74, 6) is 2.10. The van der Waals surface area contributed by atoms with E-state index in [0.29, 0.717) is 18.0 Å². The second kappa shape index (κ2) is 6.70. The highest BCUT2D eigenvalue weighted by Crippen LogP contribution is 2.36. The van der Waals surface area contributed by atoms with Gasteiger partial charge in [-0.3, -0.25) is 14.5 Å². The predicted octanol–water partition coefficient (Wildman–Crippen LogP) is 1.44. The number of nitrogens with zero attached hydrogens (tertiary/aromatic N) is 6. The molecule has 3 aromatic heterocycles. The van der Waals surface area contributed by atoms with E-state index < -0.39 is 0 Å². The number of amides is 1. The highest BCUT2D eigenvalue weighted by atomic mass is 16.1. The topological polar surface area (TPSA) is 90.5 Å². The van der Waals surface area contributed by atoms with Crippen molar-refractivity contribution in [3.05, 3.63) is 59.7 Å². The molecule has 3 heterocycles. The van der Waals surface area contributed by atoms with Crippen LogP contribution >= 0.6 is 0 Å². The third-order valence-corrected chi connectivity index (χ3v) is 4.95. The van der Waals surface area contributed by atoms with Crippen LogP contribution in [-0.4, -0.2) is 41.5 Å². The van der Waals surface area contributed by atoms with Gasteiger partial charge in [-0.25, -0.2) is 0 Å². The number of rotatable bonds is 5. The third-order valence-electron chi connectivity index (χ3n) is 4.95. The second-order valence-corrected chi connectivity index (χ2v) is 6.71. The second-order valence-electron chi connectivity index (χ2n) is 6.71. The van der Waals surface area contributed by atoms with E-state index in [1.54, 1.807) is 24.5 Å². The molecule has 8 heteroatoms. The molecule has 1 saturated carbocycles. The van der Waals surface area contributed by atoms with Crippen molar-refractivity contribution in [1.82, 2.24) is 34.8 Å². The molecule has 0 aliphatic heterocycles. The number of pyridine rings is 1. The van der Waals surface area contributed by atoms with Gasteiger partial charge in [-0.1, -0.05) is 0 Å². The average molecular weight is 351 g/mol. The van der Waals surface area contributed by atoms with Gasteiger partial charge in [0.2, 0.25) is 0 Å². The minimum absolute atomic E-state index is 0.0589. The Hall–Kier alpha value is -3.03. The van der Waals surface area contributed by atoms with Crippen LogP contribution in [0.25, 0.3) is 0 Å². The first-order valence-corrected chi connectivity index (χ1v) is 8.70. The Kier molecular flexibility index (Phi) is 4.24. The fraction of sp³-hybridized carbons (Fsp3) is 0.389. The van der Waals surface area contributed by atoms with E-state index in [1.807, 2.05) is 35.5 Å². The third kappa shape index (κ3) is 3.10. The zero-order valence-electron chi connectivity index (χ0n) is 14.8. The number of carbonyl (C=O) groups is 1. The number of aryl methyl sites for hydroxylation is 1. The van der Waals surface area contributed by atoms with E-state index >= 15 is 0 Å². The Balaban J connectivity index is 1.36. The van der Waals surface area contributed by atoms with E-state index in [2.05, 4.69) is 25.6 Å². The van der Waals surface area contributed by atoms with Crippen LogP contribution in [0.5, 0.6) is 0 Å². The van der Waals surface area contributed by atoms with Crippen molar-refractivity contribution in [2.45, 2.75) is 38.3 Å². The van der Waals surface area contributed by atoms with Crippen molar-refractivity contribution in [2.75, 3.05) is 0 Å². The van der Waals surface area contributed by atoms with E-state index in [9.17, 15) is 4.79 Å². The minimum atomic E-state index is -0.0589. The van der Waals surface area contributed by atoms with Crippen LogP contribution in [0.3, 0.4) is 0 Å². The van der Waals surface area contributed by atoms with Crippen LogP contribution in [0.1, 0.15) is 46.5 Å². The van der Waals surface area contributed by atoms with Gasteiger partial charge in [0.1, 0.15) is 12.4 Å². The SMILES string of the molecule is Cc1ncccc1C(=O)NC1CC(c2nnc(Cn3cccn3)n2C)C1. The standard InChI is InChI=1S/C18H21N7O/c1-12-15(5-3-6-19-12)18(26)21-14-9-13(10-14)17-23-22-16(24(17)2)11-25-8-4-7-20-25/h3-8,13-14H,9-11H2,1-2H3,(H,21,26). The van der Waals surface area contributed by atoms with Gasteiger partial charge in [0.15, 0.2) is 5.82 Å². The number of hydrogen-bond acceptors (Lipinski definition) is 5. The van der Waals surface area contributed by atoms with Crippen molar-refractivity contribution in [2.24, 2.45) is 7.05 Å². The van der Waals surface area contributed by atoms with Crippen LogP contribution in [0.15, 0.2) is 36.8 Å². The van der Waals surface area contributed by atoms with Crippen LogP contribution < -0.4 is 5.32 Å². The maximum atomic E-state index is 12.4. The molecule has 0 bridgehead atoms. The zero-order chi connectivity index (χ0) is 18.1. The van der Waals surface area contributed by atoms with Crippen LogP contribution in [-0.2, 0) is 13.6 Å². The molecule has 8 nitrogen and oxygen atoms in total. The zero-order valence-corrected chi connectivity index (χ0v) is 14.8. The molecule has 0 radical (unpaired) electrons. The average Bonchev–Trinajstić information content (AvgIpc) is 3.22. The summed E-state index contributed by atoms with van der Waals surface area (Å²) in [5, 5.41) is 15.9. The predicted molar refractivity (Wildman–Crippen MR) is 94.5 cm³/mol. The Labute approximate surface area is 151 Å². The van der Waals surface area contributed by atoms with Gasteiger partial charge >= 0.3 is 0 Å². The van der Waals surface area contributed by atoms with Crippen molar-refractivity contribution in [3.8, 4) is 0 Å². The molecule has 1 amide bonds. The molecular formula is C18H21N7O. The molecule has 0 spiro atoms. The molecule has 26 heavy (non-hydrogen) atoms. The first-order valence-electron chi connectivity index (χ1n) is 8.70. The van der Waals surface area contributed by atoms with Crippen LogP contribution in [0.2, 0.25) is 0 Å². The molecule has 0 atom stereocenters. The van der Waals surface area contributed by atoms with Gasteiger partial charge in [0.25, 0.3) is 5.91 Å². The van der Waals surface area contributed by atoms with Crippen LogP contribution in [0.4, 0.5) is 0 Å².